The monoisotopic (exact) mass is 695 g/mol. The van der Waals surface area contributed by atoms with E-state index in [9.17, 15) is 32.3 Å². The number of allylic oxidation sites excluding steroid dienone is 1. The molecule has 1 heterocycles. The number of nitrogens with zero attached hydrogens (tertiary/aromatic N) is 1. The van der Waals surface area contributed by atoms with Crippen molar-refractivity contribution < 1.29 is 37.0 Å². The molecule has 0 unspecified atom stereocenters. The van der Waals surface area contributed by atoms with Gasteiger partial charge in [0, 0.05) is 16.2 Å². The Hall–Kier alpha value is -3.68. The van der Waals surface area contributed by atoms with Crippen LogP contribution >= 0.6 is 22.6 Å². The van der Waals surface area contributed by atoms with Crippen molar-refractivity contribution in [2.24, 2.45) is 17.8 Å². The molecule has 2 aliphatic rings. The van der Waals surface area contributed by atoms with Gasteiger partial charge >= 0.3 is 24.5 Å². The molecule has 2 bridgehead atoms. The molecule has 0 aliphatic heterocycles. The Balaban J connectivity index is 1.58. The Morgan fingerprint density at radius 1 is 1.05 bits per heavy atom. The third kappa shape index (κ3) is 6.08. The number of carboxylic acids is 1. The van der Waals surface area contributed by atoms with Crippen LogP contribution in [-0.2, 0) is 16.8 Å². The number of carbonyl (C=O) groups is 2. The number of urea groups is 1. The molecule has 12 heteroatoms. The lowest BCUT2D eigenvalue weighted by Gasteiger charge is -2.37. The molecule has 2 aromatic carbocycles. The van der Waals surface area contributed by atoms with E-state index < -0.39 is 47.8 Å². The van der Waals surface area contributed by atoms with Gasteiger partial charge in [-0.2, -0.15) is 17.6 Å². The molecule has 2 aliphatic carbocycles. The van der Waals surface area contributed by atoms with Crippen LogP contribution in [0, 0.1) is 21.3 Å². The number of ether oxygens (including phenoxy) is 1. The second kappa shape index (κ2) is 11.9. The molecule has 1 aromatic heterocycles. The predicted molar refractivity (Wildman–Crippen MR) is 153 cm³/mol. The number of aromatic nitrogens is 1. The first kappa shape index (κ1) is 29.8. The van der Waals surface area contributed by atoms with Crippen molar-refractivity contribution in [3.63, 3.8) is 0 Å². The van der Waals surface area contributed by atoms with Crippen LogP contribution in [0.5, 0.6) is 5.75 Å². The molecule has 3 N–H and O–H groups in total. The largest absolute Gasteiger partial charge is 0.481 e. The SMILES string of the molecule is O=C(N[C@@H]1[C@H](C(=O)O)[C@@H]2C=C[C@H]1C2)N[C@@](Cc1ccccc1)(c1cccc(OC(F)(F)C(F)F)c1)c1ccc(I)cn1. The van der Waals surface area contributed by atoms with E-state index in [2.05, 4.69) is 42.9 Å². The lowest BCUT2D eigenvalue weighted by molar-refractivity contribution is -0.253. The van der Waals surface area contributed by atoms with E-state index in [-0.39, 0.29) is 23.8 Å². The Morgan fingerprint density at radius 3 is 2.45 bits per heavy atom. The van der Waals surface area contributed by atoms with E-state index in [1.54, 1.807) is 36.5 Å². The summed E-state index contributed by atoms with van der Waals surface area (Å²) in [7, 11) is 0. The van der Waals surface area contributed by atoms with Crippen molar-refractivity contribution in [2.45, 2.75) is 37.0 Å². The highest BCUT2D eigenvalue weighted by Gasteiger charge is 2.50. The Bertz CT molecular complexity index is 1470. The first-order valence-electron chi connectivity index (χ1n) is 13.1. The summed E-state index contributed by atoms with van der Waals surface area (Å²) in [5, 5.41) is 15.7. The van der Waals surface area contributed by atoms with Gasteiger partial charge in [0.05, 0.1) is 17.7 Å². The first-order chi connectivity index (χ1) is 20.0. The maximum Gasteiger partial charge on any atom is 0.461 e. The molecule has 1 saturated carbocycles. The molecule has 3 aromatic rings. The predicted octanol–water partition coefficient (Wildman–Crippen LogP) is 5.98. The van der Waals surface area contributed by atoms with Crippen molar-refractivity contribution in [2.75, 3.05) is 0 Å². The minimum absolute atomic E-state index is 0.0858. The van der Waals surface area contributed by atoms with Crippen LogP contribution < -0.4 is 15.4 Å². The van der Waals surface area contributed by atoms with Gasteiger partial charge in [0.2, 0.25) is 0 Å². The summed E-state index contributed by atoms with van der Waals surface area (Å²) in [6.07, 6.45) is -2.78. The molecular weight excluding hydrogens is 669 g/mol. The molecule has 42 heavy (non-hydrogen) atoms. The topological polar surface area (TPSA) is 101 Å². The number of aliphatic carboxylic acids is 1. The number of carboxylic acid groups (broad SMARTS) is 1. The molecule has 0 saturated heterocycles. The fourth-order valence-corrected chi connectivity index (χ4v) is 6.13. The number of nitrogens with one attached hydrogen (secondary N) is 2. The quantitative estimate of drug-likeness (QED) is 0.138. The summed E-state index contributed by atoms with van der Waals surface area (Å²) >= 11 is 2.07. The second-order valence-corrected chi connectivity index (χ2v) is 11.6. The van der Waals surface area contributed by atoms with Crippen molar-refractivity contribution in [3.05, 3.63) is 105 Å². The smallest absolute Gasteiger partial charge is 0.461 e. The van der Waals surface area contributed by atoms with Crippen LogP contribution in [0.2, 0.25) is 0 Å². The van der Waals surface area contributed by atoms with Crippen LogP contribution in [-0.4, -0.2) is 40.7 Å². The lowest BCUT2D eigenvalue weighted by atomic mass is 9.80. The van der Waals surface area contributed by atoms with Crippen molar-refractivity contribution in [1.29, 1.82) is 0 Å². The van der Waals surface area contributed by atoms with E-state index >= 15 is 0 Å². The number of pyridine rings is 1. The highest BCUT2D eigenvalue weighted by molar-refractivity contribution is 14.1. The molecular formula is C30H26F4IN3O4. The number of fused-ring (bicyclic) bond motifs is 2. The normalized spacial score (nSPS) is 22.5. The molecule has 0 spiro atoms. The zero-order valence-corrected chi connectivity index (χ0v) is 24.1. The molecule has 5 rings (SSSR count). The molecule has 0 radical (unpaired) electrons. The van der Waals surface area contributed by atoms with E-state index in [1.807, 2.05) is 30.4 Å². The van der Waals surface area contributed by atoms with Crippen molar-refractivity contribution in [1.82, 2.24) is 15.6 Å². The average molecular weight is 695 g/mol. The van der Waals surface area contributed by atoms with Crippen LogP contribution in [0.3, 0.4) is 0 Å². The minimum atomic E-state index is -4.74. The van der Waals surface area contributed by atoms with Gasteiger partial charge < -0.3 is 20.5 Å². The molecule has 2 amide bonds. The third-order valence-electron chi connectivity index (χ3n) is 7.68. The van der Waals surface area contributed by atoms with Crippen LogP contribution in [0.4, 0.5) is 22.4 Å². The molecule has 5 atom stereocenters. The number of halogens is 5. The number of benzene rings is 2. The van der Waals surface area contributed by atoms with Gasteiger partial charge in [-0.25, -0.2) is 4.79 Å². The lowest BCUT2D eigenvalue weighted by Crippen LogP contribution is -2.56. The number of rotatable bonds is 10. The first-order valence-corrected chi connectivity index (χ1v) is 14.2. The molecule has 220 valence electrons. The summed E-state index contributed by atoms with van der Waals surface area (Å²) in [4.78, 5) is 30.3. The second-order valence-electron chi connectivity index (χ2n) is 10.4. The van der Waals surface area contributed by atoms with Gasteiger partial charge in [0.1, 0.15) is 11.3 Å². The number of amides is 2. The standard InChI is InChI=1S/C30H26F4IN3O4/c31-27(32)30(33,34)42-22-8-4-7-20(14-22)29(15-17-5-2-1-3-6-17,23-12-11-21(35)16-36-23)38-28(41)37-25-19-10-9-18(13-19)24(25)26(39)40/h1-12,14,16,18-19,24-25,27H,13,15H2,(H,39,40)(H2,37,38,41)/t18-,19+,24-,25+,29+/m1/s1. The maximum atomic E-state index is 13.9. The summed E-state index contributed by atoms with van der Waals surface area (Å²) in [5.74, 6) is -2.71. The van der Waals surface area contributed by atoms with Gasteiger partial charge in [0.25, 0.3) is 0 Å². The number of hydrogen-bond donors (Lipinski definition) is 3. The average Bonchev–Trinajstić information content (AvgIpc) is 3.55. The van der Waals surface area contributed by atoms with Crippen LogP contribution in [0.25, 0.3) is 0 Å². The van der Waals surface area contributed by atoms with Gasteiger partial charge in [-0.05, 0) is 76.2 Å². The Kier molecular flexibility index (Phi) is 8.44. The van der Waals surface area contributed by atoms with Gasteiger partial charge in [-0.15, -0.1) is 0 Å². The van der Waals surface area contributed by atoms with E-state index in [0.29, 0.717) is 12.1 Å². The van der Waals surface area contributed by atoms with Crippen molar-refractivity contribution >= 4 is 34.6 Å². The summed E-state index contributed by atoms with van der Waals surface area (Å²) in [5.41, 5.74) is -0.196. The number of hydrogen-bond acceptors (Lipinski definition) is 4. The maximum absolute atomic E-state index is 13.9. The fourth-order valence-electron chi connectivity index (χ4n) is 5.81. The van der Waals surface area contributed by atoms with Gasteiger partial charge in [-0.1, -0.05) is 54.6 Å². The van der Waals surface area contributed by atoms with E-state index in [0.717, 1.165) is 15.2 Å². The highest BCUT2D eigenvalue weighted by atomic mass is 127. The zero-order valence-electron chi connectivity index (χ0n) is 21.9. The molecule has 7 nitrogen and oxygen atoms in total. The number of alkyl halides is 4. The third-order valence-corrected chi connectivity index (χ3v) is 8.32. The van der Waals surface area contributed by atoms with Crippen LogP contribution in [0.1, 0.15) is 23.2 Å². The van der Waals surface area contributed by atoms with Crippen LogP contribution in [0.15, 0.2) is 85.1 Å². The highest BCUT2D eigenvalue weighted by Crippen LogP contribution is 2.44. The zero-order chi connectivity index (χ0) is 30.1. The Labute approximate surface area is 252 Å². The summed E-state index contributed by atoms with van der Waals surface area (Å²) < 4.78 is 58.8. The summed E-state index contributed by atoms with van der Waals surface area (Å²) in [6, 6.07) is 16.3. The van der Waals surface area contributed by atoms with E-state index in [1.165, 1.54) is 12.1 Å². The van der Waals surface area contributed by atoms with E-state index in [4.69, 9.17) is 0 Å². The van der Waals surface area contributed by atoms with Crippen molar-refractivity contribution in [3.8, 4) is 5.75 Å². The molecule has 1 fully saturated rings. The Morgan fingerprint density at radius 2 is 1.79 bits per heavy atom. The fraction of sp³-hybridized carbons (Fsp3) is 0.300. The van der Waals surface area contributed by atoms with Gasteiger partial charge in [-0.3, -0.25) is 9.78 Å². The summed E-state index contributed by atoms with van der Waals surface area (Å²) in [6.45, 7) is 0. The minimum Gasteiger partial charge on any atom is -0.481 e. The number of carbonyl (C=O) groups excluding carboxylic acids is 1. The van der Waals surface area contributed by atoms with Gasteiger partial charge in [0.15, 0.2) is 0 Å².